The van der Waals surface area contributed by atoms with E-state index in [-0.39, 0.29) is 5.78 Å². The molecule has 0 rings (SSSR count). The van der Waals surface area contributed by atoms with Crippen molar-refractivity contribution in [2.24, 2.45) is 5.41 Å². The average molecular weight is 286 g/mol. The van der Waals surface area contributed by atoms with Gasteiger partial charge in [0, 0.05) is 11.8 Å². The molecular weight excluding hydrogens is 256 g/mol. The van der Waals surface area contributed by atoms with Crippen LogP contribution < -0.4 is 0 Å². The lowest BCUT2D eigenvalue weighted by atomic mass is 9.81. The maximum Gasteiger partial charge on any atom is 0.187 e. The summed E-state index contributed by atoms with van der Waals surface area (Å²) in [5, 5.41) is 0. The maximum atomic E-state index is 11.9. The first-order valence-corrected chi connectivity index (χ1v) is 10.5. The standard InChI is InChI=1S/C15H30O3Si/c1-7-9-10-19(5,6)18-13(12-16)11-15(3,4)14(17)8-2/h12-13H,7-11H2,1-6H3. The van der Waals surface area contributed by atoms with Crippen LogP contribution in [0.2, 0.25) is 19.1 Å². The number of rotatable bonds is 10. The summed E-state index contributed by atoms with van der Waals surface area (Å²) >= 11 is 0. The van der Waals surface area contributed by atoms with Gasteiger partial charge in [-0.25, -0.2) is 0 Å². The number of unbranched alkanes of at least 4 members (excludes halogenated alkanes) is 1. The van der Waals surface area contributed by atoms with Gasteiger partial charge in [-0.05, 0) is 25.6 Å². The van der Waals surface area contributed by atoms with E-state index in [1.54, 1.807) is 0 Å². The third kappa shape index (κ3) is 7.02. The van der Waals surface area contributed by atoms with Crippen molar-refractivity contribution in [3.63, 3.8) is 0 Å². The molecule has 4 heteroatoms. The molecule has 0 aliphatic heterocycles. The molecule has 0 N–H and O–H groups in total. The molecule has 0 aromatic carbocycles. The van der Waals surface area contributed by atoms with E-state index in [1.165, 1.54) is 0 Å². The Kier molecular flexibility index (Phi) is 7.75. The molecule has 0 spiro atoms. The second kappa shape index (κ2) is 7.95. The quantitative estimate of drug-likeness (QED) is 0.451. The van der Waals surface area contributed by atoms with E-state index in [4.69, 9.17) is 4.43 Å². The van der Waals surface area contributed by atoms with Gasteiger partial charge in [0.15, 0.2) is 8.32 Å². The molecule has 0 bridgehead atoms. The third-order valence-electron chi connectivity index (χ3n) is 3.54. The van der Waals surface area contributed by atoms with Gasteiger partial charge in [-0.15, -0.1) is 0 Å². The van der Waals surface area contributed by atoms with Crippen molar-refractivity contribution in [2.75, 3.05) is 0 Å². The summed E-state index contributed by atoms with van der Waals surface area (Å²) in [4.78, 5) is 23.1. The largest absolute Gasteiger partial charge is 0.408 e. The molecule has 0 saturated heterocycles. The Labute approximate surface area is 119 Å². The minimum Gasteiger partial charge on any atom is -0.408 e. The van der Waals surface area contributed by atoms with E-state index in [1.807, 2.05) is 20.8 Å². The topological polar surface area (TPSA) is 43.4 Å². The molecule has 3 nitrogen and oxygen atoms in total. The Morgan fingerprint density at radius 3 is 2.32 bits per heavy atom. The summed E-state index contributed by atoms with van der Waals surface area (Å²) < 4.78 is 6.04. The van der Waals surface area contributed by atoms with E-state index in [2.05, 4.69) is 20.0 Å². The van der Waals surface area contributed by atoms with Crippen molar-refractivity contribution >= 4 is 20.4 Å². The first-order valence-electron chi connectivity index (χ1n) is 7.35. The van der Waals surface area contributed by atoms with E-state index < -0.39 is 19.8 Å². The second-order valence-corrected chi connectivity index (χ2v) is 10.8. The van der Waals surface area contributed by atoms with Crippen molar-refractivity contribution in [1.82, 2.24) is 0 Å². The minimum absolute atomic E-state index is 0.191. The van der Waals surface area contributed by atoms with Gasteiger partial charge in [0.2, 0.25) is 0 Å². The Balaban J connectivity index is 4.59. The van der Waals surface area contributed by atoms with Crippen molar-refractivity contribution in [1.29, 1.82) is 0 Å². The minimum atomic E-state index is -1.80. The summed E-state index contributed by atoms with van der Waals surface area (Å²) in [6, 6.07) is 1.07. The van der Waals surface area contributed by atoms with Crippen LogP contribution in [0.4, 0.5) is 0 Å². The highest BCUT2D eigenvalue weighted by Crippen LogP contribution is 2.28. The monoisotopic (exact) mass is 286 g/mol. The average Bonchev–Trinajstić information content (AvgIpc) is 2.33. The summed E-state index contributed by atoms with van der Waals surface area (Å²) in [7, 11) is -1.80. The first-order chi connectivity index (χ1) is 8.68. The van der Waals surface area contributed by atoms with Gasteiger partial charge in [-0.2, -0.15) is 0 Å². The molecule has 0 amide bonds. The number of Topliss-reactive ketones (excluding diaryl/α,β-unsaturated/α-hetero) is 1. The van der Waals surface area contributed by atoms with Crippen molar-refractivity contribution in [2.45, 2.75) is 78.6 Å². The lowest BCUT2D eigenvalue weighted by Crippen LogP contribution is -2.39. The molecule has 0 aromatic heterocycles. The Bertz CT molecular complexity index is 298. The Morgan fingerprint density at radius 1 is 1.32 bits per heavy atom. The molecule has 0 fully saturated rings. The molecule has 0 aliphatic carbocycles. The van der Waals surface area contributed by atoms with Crippen LogP contribution in [0.1, 0.15) is 53.4 Å². The van der Waals surface area contributed by atoms with Crippen LogP contribution in [0.25, 0.3) is 0 Å². The van der Waals surface area contributed by atoms with Gasteiger partial charge < -0.3 is 9.22 Å². The number of carbonyl (C=O) groups is 2. The summed E-state index contributed by atoms with van der Waals surface area (Å²) in [6.07, 6.45) is 3.71. The molecular formula is C15H30O3Si. The van der Waals surface area contributed by atoms with E-state index in [9.17, 15) is 9.59 Å². The van der Waals surface area contributed by atoms with E-state index >= 15 is 0 Å². The van der Waals surface area contributed by atoms with Crippen LogP contribution in [0, 0.1) is 5.41 Å². The van der Waals surface area contributed by atoms with E-state index in [0.717, 1.165) is 25.2 Å². The Hall–Kier alpha value is -0.483. The van der Waals surface area contributed by atoms with Gasteiger partial charge in [0.05, 0.1) is 0 Å². The van der Waals surface area contributed by atoms with Crippen LogP contribution in [0.3, 0.4) is 0 Å². The Morgan fingerprint density at radius 2 is 1.89 bits per heavy atom. The highest BCUT2D eigenvalue weighted by atomic mass is 28.4. The summed E-state index contributed by atoms with van der Waals surface area (Å²) in [5.74, 6) is 0.191. The van der Waals surface area contributed by atoms with Crippen LogP contribution in [-0.4, -0.2) is 26.5 Å². The predicted octanol–water partition coefficient (Wildman–Crippen LogP) is 3.97. The lowest BCUT2D eigenvalue weighted by Gasteiger charge is -2.31. The SMILES string of the molecule is CCCC[Si](C)(C)OC(C=O)CC(C)(C)C(=O)CC. The zero-order chi connectivity index (χ0) is 15.1. The van der Waals surface area contributed by atoms with Gasteiger partial charge in [-0.3, -0.25) is 4.79 Å². The number of hydrogen-bond acceptors (Lipinski definition) is 3. The van der Waals surface area contributed by atoms with Gasteiger partial charge in [-0.1, -0.05) is 40.5 Å². The van der Waals surface area contributed by atoms with Gasteiger partial charge in [0.1, 0.15) is 18.2 Å². The second-order valence-electron chi connectivity index (χ2n) is 6.52. The zero-order valence-corrected chi connectivity index (χ0v) is 14.4. The normalized spacial score (nSPS) is 14.2. The maximum absolute atomic E-state index is 11.9. The molecule has 0 radical (unpaired) electrons. The third-order valence-corrected chi connectivity index (χ3v) is 6.04. The highest BCUT2D eigenvalue weighted by molar-refractivity contribution is 6.71. The van der Waals surface area contributed by atoms with Crippen LogP contribution >= 0.6 is 0 Å². The van der Waals surface area contributed by atoms with E-state index in [0.29, 0.717) is 12.8 Å². The first kappa shape index (κ1) is 18.5. The number of carbonyl (C=O) groups excluding carboxylic acids is 2. The fourth-order valence-corrected chi connectivity index (χ4v) is 4.57. The summed E-state index contributed by atoms with van der Waals surface area (Å²) in [5.41, 5.74) is -0.477. The van der Waals surface area contributed by atoms with Gasteiger partial charge >= 0.3 is 0 Å². The summed E-state index contributed by atoms with van der Waals surface area (Å²) in [6.45, 7) is 12.1. The molecule has 19 heavy (non-hydrogen) atoms. The van der Waals surface area contributed by atoms with Gasteiger partial charge in [0.25, 0.3) is 0 Å². The van der Waals surface area contributed by atoms with Crippen LogP contribution in [0.15, 0.2) is 0 Å². The molecule has 0 saturated carbocycles. The molecule has 0 heterocycles. The molecule has 0 aromatic rings. The molecule has 112 valence electrons. The van der Waals surface area contributed by atoms with Crippen molar-refractivity contribution < 1.29 is 14.0 Å². The number of aldehydes is 1. The van der Waals surface area contributed by atoms with Crippen LogP contribution in [-0.2, 0) is 14.0 Å². The molecule has 0 aliphatic rings. The van der Waals surface area contributed by atoms with Crippen LogP contribution in [0.5, 0.6) is 0 Å². The highest BCUT2D eigenvalue weighted by Gasteiger charge is 2.33. The number of ketones is 1. The predicted molar refractivity (Wildman–Crippen MR) is 81.8 cm³/mol. The van der Waals surface area contributed by atoms with Crippen molar-refractivity contribution in [3.05, 3.63) is 0 Å². The zero-order valence-electron chi connectivity index (χ0n) is 13.4. The smallest absolute Gasteiger partial charge is 0.187 e. The number of hydrogen-bond donors (Lipinski definition) is 0. The molecule has 1 unspecified atom stereocenters. The van der Waals surface area contributed by atoms with Crippen molar-refractivity contribution in [3.8, 4) is 0 Å². The molecule has 1 atom stereocenters. The fraction of sp³-hybridized carbons (Fsp3) is 0.867. The fourth-order valence-electron chi connectivity index (χ4n) is 2.28. The lowest BCUT2D eigenvalue weighted by molar-refractivity contribution is -0.129.